The van der Waals surface area contributed by atoms with Crippen LogP contribution in [0.2, 0.25) is 5.02 Å². The van der Waals surface area contributed by atoms with E-state index >= 15 is 0 Å². The number of hydrogen-bond acceptors (Lipinski definition) is 3. The fraction of sp³-hybridized carbons (Fsp3) is 0. The van der Waals surface area contributed by atoms with Crippen molar-refractivity contribution >= 4 is 23.5 Å². The molecule has 0 radical (unpaired) electrons. The van der Waals surface area contributed by atoms with Crippen molar-refractivity contribution < 1.29 is 19.8 Å². The van der Waals surface area contributed by atoms with Crippen LogP contribution in [0, 0.1) is 0 Å². The van der Waals surface area contributed by atoms with Crippen molar-refractivity contribution in [3.8, 4) is 5.69 Å². The molecule has 1 heterocycles. The zero-order chi connectivity index (χ0) is 13.3. The molecule has 0 aliphatic carbocycles. The molecule has 0 fully saturated rings. The van der Waals surface area contributed by atoms with Crippen LogP contribution in [0.1, 0.15) is 20.8 Å². The van der Waals surface area contributed by atoms with Gasteiger partial charge >= 0.3 is 11.9 Å². The molecule has 0 saturated heterocycles. The van der Waals surface area contributed by atoms with Crippen molar-refractivity contribution in [3.63, 3.8) is 0 Å². The maximum Gasteiger partial charge on any atom is 0.357 e. The summed E-state index contributed by atoms with van der Waals surface area (Å²) < 4.78 is 1.17. The van der Waals surface area contributed by atoms with E-state index in [0.717, 1.165) is 6.20 Å². The Balaban J connectivity index is 2.57. The highest BCUT2D eigenvalue weighted by atomic mass is 35.5. The van der Waals surface area contributed by atoms with E-state index in [1.165, 1.54) is 4.68 Å². The standard InChI is InChI=1S/C11H7ClN2O4/c12-6-2-1-3-7(4-6)14-5-8(10(15)16)9(13-14)11(17)18/h1-5H,(H,15,16)(H,17,18). The third kappa shape index (κ3) is 2.18. The van der Waals surface area contributed by atoms with Crippen LogP contribution in [0.5, 0.6) is 0 Å². The molecule has 1 aromatic carbocycles. The minimum absolute atomic E-state index is 0.373. The summed E-state index contributed by atoms with van der Waals surface area (Å²) in [5.74, 6) is -2.74. The minimum Gasteiger partial charge on any atom is -0.478 e. The van der Waals surface area contributed by atoms with Gasteiger partial charge in [0.15, 0.2) is 5.69 Å². The van der Waals surface area contributed by atoms with E-state index in [9.17, 15) is 9.59 Å². The van der Waals surface area contributed by atoms with Gasteiger partial charge in [0.2, 0.25) is 0 Å². The van der Waals surface area contributed by atoms with E-state index < -0.39 is 17.6 Å². The molecule has 1 aromatic heterocycles. The Bertz CT molecular complexity index is 604. The summed E-state index contributed by atoms with van der Waals surface area (Å²) in [4.78, 5) is 21.8. The summed E-state index contributed by atoms with van der Waals surface area (Å²) >= 11 is 5.79. The van der Waals surface area contributed by atoms with Crippen molar-refractivity contribution in [3.05, 3.63) is 46.7 Å². The molecule has 0 aliphatic heterocycles. The van der Waals surface area contributed by atoms with Crippen molar-refractivity contribution in [2.24, 2.45) is 0 Å². The average molecular weight is 267 g/mol. The molecule has 0 unspecified atom stereocenters. The van der Waals surface area contributed by atoms with Gasteiger partial charge in [-0.15, -0.1) is 0 Å². The molecule has 0 saturated carbocycles. The van der Waals surface area contributed by atoms with Gasteiger partial charge in [0, 0.05) is 11.2 Å². The third-order valence-electron chi connectivity index (χ3n) is 2.22. The van der Waals surface area contributed by atoms with Crippen LogP contribution in [0.25, 0.3) is 5.69 Å². The van der Waals surface area contributed by atoms with Crippen LogP contribution in [0.4, 0.5) is 0 Å². The first-order chi connectivity index (χ1) is 8.49. The first kappa shape index (κ1) is 12.1. The highest BCUT2D eigenvalue weighted by Gasteiger charge is 2.21. The highest BCUT2D eigenvalue weighted by Crippen LogP contribution is 2.16. The first-order valence-corrected chi connectivity index (χ1v) is 5.19. The van der Waals surface area contributed by atoms with Crippen molar-refractivity contribution in [2.45, 2.75) is 0 Å². The van der Waals surface area contributed by atoms with Crippen molar-refractivity contribution in [1.29, 1.82) is 0 Å². The molecule has 0 spiro atoms. The molecular weight excluding hydrogens is 260 g/mol. The fourth-order valence-electron chi connectivity index (χ4n) is 1.44. The molecule has 2 rings (SSSR count). The molecule has 0 bridgehead atoms. The Morgan fingerprint density at radius 1 is 1.22 bits per heavy atom. The predicted octanol–water partition coefficient (Wildman–Crippen LogP) is 1.92. The fourth-order valence-corrected chi connectivity index (χ4v) is 1.62. The quantitative estimate of drug-likeness (QED) is 0.885. The maximum atomic E-state index is 10.9. The summed E-state index contributed by atoms with van der Waals surface area (Å²) in [5, 5.41) is 21.9. The SMILES string of the molecule is O=C(O)c1cn(-c2cccc(Cl)c2)nc1C(=O)O. The number of aromatic carboxylic acids is 2. The smallest absolute Gasteiger partial charge is 0.357 e. The second-order valence-corrected chi connectivity index (χ2v) is 3.86. The van der Waals surface area contributed by atoms with Gasteiger partial charge < -0.3 is 10.2 Å². The lowest BCUT2D eigenvalue weighted by molar-refractivity contribution is 0.0648. The van der Waals surface area contributed by atoms with Crippen LogP contribution in [0.15, 0.2) is 30.5 Å². The van der Waals surface area contributed by atoms with Crippen molar-refractivity contribution in [1.82, 2.24) is 9.78 Å². The molecule has 2 aromatic rings. The van der Waals surface area contributed by atoms with Gasteiger partial charge in [0.1, 0.15) is 5.56 Å². The summed E-state index contributed by atoms with van der Waals surface area (Å²) in [6.45, 7) is 0. The topological polar surface area (TPSA) is 92.4 Å². The lowest BCUT2D eigenvalue weighted by atomic mass is 10.2. The molecule has 7 heteroatoms. The zero-order valence-electron chi connectivity index (χ0n) is 8.87. The van der Waals surface area contributed by atoms with E-state index in [1.807, 2.05) is 0 Å². The Kier molecular flexibility index (Phi) is 3.03. The Hall–Kier alpha value is -2.34. The molecular formula is C11H7ClN2O4. The van der Waals surface area contributed by atoms with Crippen LogP contribution < -0.4 is 0 Å². The Morgan fingerprint density at radius 3 is 2.44 bits per heavy atom. The number of carboxylic acids is 2. The monoisotopic (exact) mass is 266 g/mol. The van der Waals surface area contributed by atoms with Gasteiger partial charge in [0.25, 0.3) is 0 Å². The maximum absolute atomic E-state index is 10.9. The van der Waals surface area contributed by atoms with E-state index in [4.69, 9.17) is 21.8 Å². The largest absolute Gasteiger partial charge is 0.478 e. The van der Waals surface area contributed by atoms with Gasteiger partial charge in [-0.1, -0.05) is 17.7 Å². The number of aromatic nitrogens is 2. The van der Waals surface area contributed by atoms with Crippen LogP contribution in [0.3, 0.4) is 0 Å². The van der Waals surface area contributed by atoms with Gasteiger partial charge in [-0.25, -0.2) is 14.3 Å². The number of hydrogen-bond donors (Lipinski definition) is 2. The average Bonchev–Trinajstić information content (AvgIpc) is 2.73. The molecule has 0 amide bonds. The van der Waals surface area contributed by atoms with Gasteiger partial charge in [-0.3, -0.25) is 0 Å². The number of carboxylic acid groups (broad SMARTS) is 2. The lowest BCUT2D eigenvalue weighted by Gasteiger charge is -2.00. The zero-order valence-corrected chi connectivity index (χ0v) is 9.63. The van der Waals surface area contributed by atoms with Gasteiger partial charge in [0.05, 0.1) is 5.69 Å². The van der Waals surface area contributed by atoms with Gasteiger partial charge in [-0.05, 0) is 18.2 Å². The van der Waals surface area contributed by atoms with Gasteiger partial charge in [-0.2, -0.15) is 5.10 Å². The first-order valence-electron chi connectivity index (χ1n) is 4.81. The second kappa shape index (κ2) is 4.50. The van der Waals surface area contributed by atoms with E-state index in [0.29, 0.717) is 10.7 Å². The lowest BCUT2D eigenvalue weighted by Crippen LogP contribution is -2.06. The van der Waals surface area contributed by atoms with E-state index in [2.05, 4.69) is 5.10 Å². The molecule has 0 aliphatic rings. The van der Waals surface area contributed by atoms with E-state index in [1.54, 1.807) is 24.3 Å². The summed E-state index contributed by atoms with van der Waals surface area (Å²) in [6.07, 6.45) is 1.14. The molecule has 6 nitrogen and oxygen atoms in total. The third-order valence-corrected chi connectivity index (χ3v) is 2.46. The van der Waals surface area contributed by atoms with Crippen LogP contribution in [-0.2, 0) is 0 Å². The Morgan fingerprint density at radius 2 is 1.94 bits per heavy atom. The normalized spacial score (nSPS) is 10.3. The molecule has 2 N–H and O–H groups in total. The highest BCUT2D eigenvalue weighted by molar-refractivity contribution is 6.30. The summed E-state index contributed by atoms with van der Waals surface area (Å²) in [6, 6.07) is 6.48. The molecule has 18 heavy (non-hydrogen) atoms. The number of halogens is 1. The summed E-state index contributed by atoms with van der Waals surface area (Å²) in [5.41, 5.74) is -0.401. The molecule has 92 valence electrons. The van der Waals surface area contributed by atoms with Crippen LogP contribution in [-0.4, -0.2) is 31.9 Å². The van der Waals surface area contributed by atoms with E-state index in [-0.39, 0.29) is 5.56 Å². The van der Waals surface area contributed by atoms with Crippen molar-refractivity contribution in [2.75, 3.05) is 0 Å². The number of rotatable bonds is 3. The number of nitrogens with zero attached hydrogens (tertiary/aromatic N) is 2. The minimum atomic E-state index is -1.40. The number of carbonyl (C=O) groups is 2. The predicted molar refractivity (Wildman–Crippen MR) is 62.5 cm³/mol. The molecule has 0 atom stereocenters. The Labute approximate surface area is 106 Å². The number of benzene rings is 1. The summed E-state index contributed by atoms with van der Waals surface area (Å²) in [7, 11) is 0. The second-order valence-electron chi connectivity index (χ2n) is 3.43. The van der Waals surface area contributed by atoms with Crippen LogP contribution >= 0.6 is 11.6 Å².